The van der Waals surface area contributed by atoms with Crippen molar-refractivity contribution in [1.82, 2.24) is 10.6 Å². The van der Waals surface area contributed by atoms with Gasteiger partial charge in [-0.2, -0.15) is 0 Å². The molecule has 0 spiro atoms. The summed E-state index contributed by atoms with van der Waals surface area (Å²) in [5.74, 6) is -0.0492. The normalized spacial score (nSPS) is 9.81. The first kappa shape index (κ1) is 16.8. The Morgan fingerprint density at radius 2 is 1.62 bits per heavy atom. The number of hydrogen-bond donors (Lipinski definition) is 3. The van der Waals surface area contributed by atoms with E-state index in [0.717, 1.165) is 5.75 Å². The summed E-state index contributed by atoms with van der Waals surface area (Å²) in [6.07, 6.45) is 0.416. The predicted molar refractivity (Wildman–Crippen MR) is 76.2 cm³/mol. The number of aliphatic hydroxyl groups is 1. The summed E-state index contributed by atoms with van der Waals surface area (Å²) in [5, 5.41) is 13.4. The molecule has 0 bridgehead atoms. The Hall–Kier alpha value is -2.28. The van der Waals surface area contributed by atoms with Crippen molar-refractivity contribution >= 4 is 11.8 Å². The highest BCUT2D eigenvalue weighted by molar-refractivity contribution is 6.35. The smallest absolute Gasteiger partial charge is 0.309 e. The number of rotatable bonds is 8. The molecule has 0 aliphatic carbocycles. The van der Waals surface area contributed by atoms with Crippen LogP contribution >= 0.6 is 0 Å². The quantitative estimate of drug-likeness (QED) is 0.451. The number of methoxy groups -OCH3 is 1. The molecule has 0 aliphatic rings. The lowest BCUT2D eigenvalue weighted by molar-refractivity contribution is -0.139. The SMILES string of the molecule is COc1ccc(OCCNC(=O)C(=O)NCCCO)cc1. The molecular formula is C14H20N2O5. The van der Waals surface area contributed by atoms with Gasteiger partial charge in [-0.3, -0.25) is 9.59 Å². The molecule has 0 fully saturated rings. The third-order valence-electron chi connectivity index (χ3n) is 2.54. The fraction of sp³-hybridized carbons (Fsp3) is 0.429. The predicted octanol–water partition coefficient (Wildman–Crippen LogP) is -0.311. The fourth-order valence-electron chi connectivity index (χ4n) is 1.45. The second-order valence-corrected chi connectivity index (χ2v) is 4.11. The Morgan fingerprint density at radius 1 is 1.05 bits per heavy atom. The summed E-state index contributed by atoms with van der Waals surface area (Å²) in [4.78, 5) is 22.7. The van der Waals surface area contributed by atoms with E-state index >= 15 is 0 Å². The summed E-state index contributed by atoms with van der Waals surface area (Å²) >= 11 is 0. The van der Waals surface area contributed by atoms with Gasteiger partial charge >= 0.3 is 11.8 Å². The average molecular weight is 296 g/mol. The summed E-state index contributed by atoms with van der Waals surface area (Å²) in [6, 6.07) is 7.04. The van der Waals surface area contributed by atoms with Gasteiger partial charge in [0.1, 0.15) is 18.1 Å². The van der Waals surface area contributed by atoms with Crippen LogP contribution in [-0.2, 0) is 9.59 Å². The van der Waals surface area contributed by atoms with Crippen molar-refractivity contribution in [3.8, 4) is 11.5 Å². The zero-order valence-corrected chi connectivity index (χ0v) is 11.9. The van der Waals surface area contributed by atoms with Gasteiger partial charge in [0.05, 0.1) is 13.7 Å². The summed E-state index contributed by atoms with van der Waals surface area (Å²) in [6.45, 7) is 0.711. The zero-order valence-electron chi connectivity index (χ0n) is 11.9. The maximum Gasteiger partial charge on any atom is 0.309 e. The van der Waals surface area contributed by atoms with Crippen LogP contribution in [-0.4, -0.2) is 50.3 Å². The van der Waals surface area contributed by atoms with Crippen LogP contribution in [0.2, 0.25) is 0 Å². The van der Waals surface area contributed by atoms with Crippen LogP contribution in [0.25, 0.3) is 0 Å². The second kappa shape index (κ2) is 9.60. The third kappa shape index (κ3) is 6.62. The van der Waals surface area contributed by atoms with Crippen LogP contribution in [0.15, 0.2) is 24.3 Å². The van der Waals surface area contributed by atoms with E-state index in [1.165, 1.54) is 0 Å². The number of nitrogens with one attached hydrogen (secondary N) is 2. The van der Waals surface area contributed by atoms with Gasteiger partial charge in [-0.15, -0.1) is 0 Å². The standard InChI is InChI=1S/C14H20N2O5/c1-20-11-3-5-12(6-4-11)21-10-8-16-14(19)13(18)15-7-2-9-17/h3-6,17H,2,7-10H2,1H3,(H,15,18)(H,16,19). The van der Waals surface area contributed by atoms with Crippen molar-refractivity contribution in [3.63, 3.8) is 0 Å². The molecule has 0 saturated heterocycles. The minimum Gasteiger partial charge on any atom is -0.497 e. The monoisotopic (exact) mass is 296 g/mol. The average Bonchev–Trinajstić information content (AvgIpc) is 2.52. The molecule has 2 amide bonds. The number of benzene rings is 1. The van der Waals surface area contributed by atoms with Crippen LogP contribution in [0.4, 0.5) is 0 Å². The van der Waals surface area contributed by atoms with Crippen molar-refractivity contribution in [1.29, 1.82) is 0 Å². The number of carbonyl (C=O) groups is 2. The number of amides is 2. The van der Waals surface area contributed by atoms with Gasteiger partial charge in [0, 0.05) is 13.2 Å². The van der Waals surface area contributed by atoms with E-state index in [0.29, 0.717) is 12.2 Å². The lowest BCUT2D eigenvalue weighted by atomic mass is 10.3. The van der Waals surface area contributed by atoms with E-state index in [9.17, 15) is 9.59 Å². The highest BCUT2D eigenvalue weighted by Gasteiger charge is 2.11. The van der Waals surface area contributed by atoms with Crippen molar-refractivity contribution in [2.75, 3.05) is 33.4 Å². The van der Waals surface area contributed by atoms with Gasteiger partial charge in [0.2, 0.25) is 0 Å². The Kier molecular flexibility index (Phi) is 7.67. The van der Waals surface area contributed by atoms with Gasteiger partial charge in [-0.05, 0) is 30.7 Å². The van der Waals surface area contributed by atoms with Gasteiger partial charge < -0.3 is 25.2 Å². The molecule has 0 saturated carbocycles. The third-order valence-corrected chi connectivity index (χ3v) is 2.54. The van der Waals surface area contributed by atoms with Gasteiger partial charge in [0.15, 0.2) is 0 Å². The molecule has 1 aromatic carbocycles. The fourth-order valence-corrected chi connectivity index (χ4v) is 1.45. The second-order valence-electron chi connectivity index (χ2n) is 4.11. The molecule has 21 heavy (non-hydrogen) atoms. The molecule has 0 heterocycles. The molecular weight excluding hydrogens is 276 g/mol. The molecule has 3 N–H and O–H groups in total. The molecule has 0 atom stereocenters. The van der Waals surface area contributed by atoms with E-state index < -0.39 is 11.8 Å². The molecule has 1 rings (SSSR count). The molecule has 0 aliphatic heterocycles. The number of carbonyl (C=O) groups excluding carboxylic acids is 2. The topological polar surface area (TPSA) is 96.9 Å². The van der Waals surface area contributed by atoms with Crippen LogP contribution in [0.1, 0.15) is 6.42 Å². The lowest BCUT2D eigenvalue weighted by Crippen LogP contribution is -2.41. The molecule has 0 radical (unpaired) electrons. The Bertz CT molecular complexity index is 447. The van der Waals surface area contributed by atoms with Gasteiger partial charge in [-0.1, -0.05) is 0 Å². The van der Waals surface area contributed by atoms with Crippen molar-refractivity contribution in [2.45, 2.75) is 6.42 Å². The molecule has 116 valence electrons. The molecule has 0 aromatic heterocycles. The largest absolute Gasteiger partial charge is 0.497 e. The first-order chi connectivity index (χ1) is 10.2. The van der Waals surface area contributed by atoms with Crippen molar-refractivity contribution < 1.29 is 24.2 Å². The van der Waals surface area contributed by atoms with E-state index in [4.69, 9.17) is 14.6 Å². The van der Waals surface area contributed by atoms with Crippen molar-refractivity contribution in [2.24, 2.45) is 0 Å². The van der Waals surface area contributed by atoms with Crippen LogP contribution in [0, 0.1) is 0 Å². The Balaban J connectivity index is 2.17. The van der Waals surface area contributed by atoms with Gasteiger partial charge in [0.25, 0.3) is 0 Å². The maximum atomic E-state index is 11.4. The highest BCUT2D eigenvalue weighted by atomic mass is 16.5. The first-order valence-corrected chi connectivity index (χ1v) is 6.61. The summed E-state index contributed by atoms with van der Waals surface area (Å²) in [7, 11) is 1.58. The maximum absolute atomic E-state index is 11.4. The first-order valence-electron chi connectivity index (χ1n) is 6.61. The number of ether oxygens (including phenoxy) is 2. The van der Waals surface area contributed by atoms with Crippen LogP contribution in [0.3, 0.4) is 0 Å². The Labute approximate surface area is 123 Å². The van der Waals surface area contributed by atoms with E-state index in [2.05, 4.69) is 10.6 Å². The van der Waals surface area contributed by atoms with E-state index in [-0.39, 0.29) is 26.3 Å². The number of aliphatic hydroxyl groups excluding tert-OH is 1. The zero-order chi connectivity index (χ0) is 15.5. The van der Waals surface area contributed by atoms with Gasteiger partial charge in [-0.25, -0.2) is 0 Å². The molecule has 0 unspecified atom stereocenters. The molecule has 1 aromatic rings. The minimum atomic E-state index is -0.716. The van der Waals surface area contributed by atoms with Crippen LogP contribution < -0.4 is 20.1 Å². The molecule has 7 nitrogen and oxygen atoms in total. The number of hydrogen-bond acceptors (Lipinski definition) is 5. The van der Waals surface area contributed by atoms with Crippen molar-refractivity contribution in [3.05, 3.63) is 24.3 Å². The highest BCUT2D eigenvalue weighted by Crippen LogP contribution is 2.16. The van der Waals surface area contributed by atoms with E-state index in [1.54, 1.807) is 31.4 Å². The summed E-state index contributed by atoms with van der Waals surface area (Å²) in [5.41, 5.74) is 0. The van der Waals surface area contributed by atoms with Crippen LogP contribution in [0.5, 0.6) is 11.5 Å². The molecule has 7 heteroatoms. The Morgan fingerprint density at radius 3 is 2.19 bits per heavy atom. The lowest BCUT2D eigenvalue weighted by Gasteiger charge is -2.08. The summed E-state index contributed by atoms with van der Waals surface area (Å²) < 4.78 is 10.4. The minimum absolute atomic E-state index is 0.0302. The van der Waals surface area contributed by atoms with E-state index in [1.807, 2.05) is 0 Å².